The molecule has 106 valence electrons. The Kier molecular flexibility index (Phi) is 4.99. The number of benzene rings is 2. The molecule has 0 saturated carbocycles. The zero-order chi connectivity index (χ0) is 14.7. The zero-order valence-corrected chi connectivity index (χ0v) is 13.0. The minimum absolute atomic E-state index is 0.397. The summed E-state index contributed by atoms with van der Waals surface area (Å²) in [4.78, 5) is 0. The van der Waals surface area contributed by atoms with Crippen molar-refractivity contribution in [3.8, 4) is 5.75 Å². The van der Waals surface area contributed by atoms with Crippen molar-refractivity contribution in [3.63, 3.8) is 0 Å². The Hall–Kier alpha value is -1.14. The van der Waals surface area contributed by atoms with E-state index in [-0.39, 0.29) is 0 Å². The van der Waals surface area contributed by atoms with Gasteiger partial charge in [0.15, 0.2) is 0 Å². The van der Waals surface area contributed by atoms with E-state index >= 15 is 0 Å². The topological polar surface area (TPSA) is 47.3 Å². The van der Waals surface area contributed by atoms with Gasteiger partial charge in [-0.15, -0.1) is 0 Å². The van der Waals surface area contributed by atoms with Crippen molar-refractivity contribution in [3.05, 3.63) is 62.8 Å². The molecule has 2 aromatic carbocycles. The molecule has 0 radical (unpaired) electrons. The number of rotatable bonds is 4. The Labute approximate surface area is 130 Å². The second-order valence-corrected chi connectivity index (χ2v) is 5.48. The number of halogens is 3. The molecule has 0 aliphatic carbocycles. The van der Waals surface area contributed by atoms with Crippen LogP contribution in [0, 0.1) is 5.82 Å². The van der Waals surface area contributed by atoms with Gasteiger partial charge in [0.2, 0.25) is 0 Å². The fourth-order valence-corrected chi connectivity index (χ4v) is 2.56. The van der Waals surface area contributed by atoms with Crippen LogP contribution in [0.25, 0.3) is 0 Å². The third-order valence-corrected chi connectivity index (χ3v) is 3.79. The molecule has 0 bridgehead atoms. The fraction of sp³-hybridized carbons (Fsp3) is 0.143. The molecule has 1 unspecified atom stereocenters. The molecular formula is C14H13BrClFN2O. The average Bonchev–Trinajstić information content (AvgIpc) is 2.44. The lowest BCUT2D eigenvalue weighted by atomic mass is 9.98. The standard InChI is InChI=1S/C14H13BrClFN2O/c1-20-9-3-4-10(13(17)7-9)14(19-18)11-6-8(15)2-5-12(11)16/h2-7,14,19H,18H2,1H3. The highest BCUT2D eigenvalue weighted by atomic mass is 79.9. The van der Waals surface area contributed by atoms with Gasteiger partial charge in [-0.1, -0.05) is 33.6 Å². The van der Waals surface area contributed by atoms with Gasteiger partial charge >= 0.3 is 0 Å². The van der Waals surface area contributed by atoms with E-state index in [0.29, 0.717) is 21.9 Å². The van der Waals surface area contributed by atoms with Gasteiger partial charge in [-0.3, -0.25) is 5.84 Å². The second-order valence-electron chi connectivity index (χ2n) is 4.15. The summed E-state index contributed by atoms with van der Waals surface area (Å²) in [6.45, 7) is 0. The second kappa shape index (κ2) is 6.54. The fourth-order valence-electron chi connectivity index (χ4n) is 1.95. The highest BCUT2D eigenvalue weighted by Gasteiger charge is 2.20. The van der Waals surface area contributed by atoms with E-state index in [9.17, 15) is 4.39 Å². The first-order chi connectivity index (χ1) is 9.56. The largest absolute Gasteiger partial charge is 0.497 e. The minimum Gasteiger partial charge on any atom is -0.497 e. The van der Waals surface area contributed by atoms with Crippen molar-refractivity contribution in [2.75, 3.05) is 7.11 Å². The van der Waals surface area contributed by atoms with E-state index in [1.807, 2.05) is 6.07 Å². The van der Waals surface area contributed by atoms with Crippen LogP contribution in [-0.4, -0.2) is 7.11 Å². The summed E-state index contributed by atoms with van der Waals surface area (Å²) in [7, 11) is 1.48. The number of methoxy groups -OCH3 is 1. The number of nitrogens with two attached hydrogens (primary N) is 1. The molecule has 3 nitrogen and oxygen atoms in total. The zero-order valence-electron chi connectivity index (χ0n) is 10.7. The van der Waals surface area contributed by atoms with E-state index in [1.54, 1.807) is 24.3 Å². The van der Waals surface area contributed by atoms with Crippen LogP contribution in [0.15, 0.2) is 40.9 Å². The summed E-state index contributed by atoms with van der Waals surface area (Å²) < 4.78 is 20.0. The minimum atomic E-state index is -0.550. The van der Waals surface area contributed by atoms with Gasteiger partial charge in [0.05, 0.1) is 13.2 Å². The maximum absolute atomic E-state index is 14.2. The molecule has 0 saturated heterocycles. The highest BCUT2D eigenvalue weighted by molar-refractivity contribution is 9.10. The number of hydrazine groups is 1. The van der Waals surface area contributed by atoms with Crippen molar-refractivity contribution in [2.24, 2.45) is 5.84 Å². The Morgan fingerprint density at radius 3 is 2.60 bits per heavy atom. The van der Waals surface area contributed by atoms with Crippen molar-refractivity contribution >= 4 is 27.5 Å². The van der Waals surface area contributed by atoms with Gasteiger partial charge in [0, 0.05) is 21.1 Å². The molecule has 2 aromatic rings. The molecule has 0 aliphatic rings. The summed E-state index contributed by atoms with van der Waals surface area (Å²) in [5.74, 6) is 5.61. The summed E-state index contributed by atoms with van der Waals surface area (Å²) in [6, 6.07) is 9.40. The van der Waals surface area contributed by atoms with Crippen LogP contribution in [0.3, 0.4) is 0 Å². The highest BCUT2D eigenvalue weighted by Crippen LogP contribution is 2.32. The molecule has 0 spiro atoms. The first kappa shape index (κ1) is 15.3. The number of ether oxygens (including phenoxy) is 1. The predicted molar refractivity (Wildman–Crippen MR) is 81.3 cm³/mol. The number of hydrogen-bond acceptors (Lipinski definition) is 3. The molecule has 0 fully saturated rings. The van der Waals surface area contributed by atoms with Crippen LogP contribution in [0.2, 0.25) is 5.02 Å². The SMILES string of the molecule is COc1ccc(C(NN)c2cc(Br)ccc2Cl)c(F)c1. The lowest BCUT2D eigenvalue weighted by molar-refractivity contribution is 0.410. The third-order valence-electron chi connectivity index (χ3n) is 2.95. The van der Waals surface area contributed by atoms with Crippen LogP contribution in [0.1, 0.15) is 17.2 Å². The Bertz CT molecular complexity index is 624. The Morgan fingerprint density at radius 2 is 2.00 bits per heavy atom. The van der Waals surface area contributed by atoms with Gasteiger partial charge in [0.1, 0.15) is 11.6 Å². The number of nitrogens with one attached hydrogen (secondary N) is 1. The lowest BCUT2D eigenvalue weighted by Crippen LogP contribution is -2.29. The summed E-state index contributed by atoms with van der Waals surface area (Å²) in [5, 5.41) is 0.506. The molecule has 0 aliphatic heterocycles. The third kappa shape index (κ3) is 3.12. The van der Waals surface area contributed by atoms with Crippen LogP contribution < -0.4 is 16.0 Å². The van der Waals surface area contributed by atoms with E-state index in [2.05, 4.69) is 21.4 Å². The van der Waals surface area contributed by atoms with E-state index in [1.165, 1.54) is 13.2 Å². The average molecular weight is 360 g/mol. The van der Waals surface area contributed by atoms with Gasteiger partial charge < -0.3 is 4.74 Å². The molecule has 1 atom stereocenters. The van der Waals surface area contributed by atoms with Gasteiger partial charge in [-0.2, -0.15) is 0 Å². The van der Waals surface area contributed by atoms with Crippen molar-refractivity contribution in [2.45, 2.75) is 6.04 Å². The van der Waals surface area contributed by atoms with Crippen LogP contribution in [0.5, 0.6) is 5.75 Å². The number of hydrogen-bond donors (Lipinski definition) is 2. The van der Waals surface area contributed by atoms with Gasteiger partial charge in [-0.25, -0.2) is 9.82 Å². The summed E-state index contributed by atoms with van der Waals surface area (Å²) >= 11 is 9.53. The molecule has 6 heteroatoms. The molecular weight excluding hydrogens is 347 g/mol. The van der Waals surface area contributed by atoms with E-state index in [0.717, 1.165) is 4.47 Å². The van der Waals surface area contributed by atoms with E-state index in [4.69, 9.17) is 22.2 Å². The van der Waals surface area contributed by atoms with Crippen molar-refractivity contribution in [1.82, 2.24) is 5.43 Å². The smallest absolute Gasteiger partial charge is 0.132 e. The van der Waals surface area contributed by atoms with Crippen molar-refractivity contribution in [1.29, 1.82) is 0 Å². The Balaban J connectivity index is 2.49. The molecule has 0 heterocycles. The summed E-state index contributed by atoms with van der Waals surface area (Å²) in [5.41, 5.74) is 3.68. The van der Waals surface area contributed by atoms with Crippen LogP contribution in [0.4, 0.5) is 4.39 Å². The van der Waals surface area contributed by atoms with Gasteiger partial charge in [-0.05, 0) is 29.8 Å². The Morgan fingerprint density at radius 1 is 1.25 bits per heavy atom. The molecule has 0 amide bonds. The molecule has 3 N–H and O–H groups in total. The molecule has 2 rings (SSSR count). The maximum atomic E-state index is 14.2. The van der Waals surface area contributed by atoms with Gasteiger partial charge in [0.25, 0.3) is 0 Å². The summed E-state index contributed by atoms with van der Waals surface area (Å²) in [6.07, 6.45) is 0. The normalized spacial score (nSPS) is 12.2. The predicted octanol–water partition coefficient (Wildman–Crippen LogP) is 3.80. The van der Waals surface area contributed by atoms with Crippen molar-refractivity contribution < 1.29 is 9.13 Å². The monoisotopic (exact) mass is 358 g/mol. The quantitative estimate of drug-likeness (QED) is 0.645. The first-order valence-corrected chi connectivity index (χ1v) is 6.98. The molecule has 0 aromatic heterocycles. The maximum Gasteiger partial charge on any atom is 0.132 e. The first-order valence-electron chi connectivity index (χ1n) is 5.81. The van der Waals surface area contributed by atoms with E-state index < -0.39 is 11.9 Å². The lowest BCUT2D eigenvalue weighted by Gasteiger charge is -2.19. The van der Waals surface area contributed by atoms with Crippen LogP contribution in [-0.2, 0) is 0 Å². The molecule has 20 heavy (non-hydrogen) atoms. The van der Waals surface area contributed by atoms with Crippen LogP contribution >= 0.6 is 27.5 Å².